The molecule has 2 N–H and O–H groups in total. The van der Waals surface area contributed by atoms with Gasteiger partial charge in [0.05, 0.1) is 24.7 Å². The Morgan fingerprint density at radius 1 is 1.04 bits per heavy atom. The number of ether oxygens (including phenoxy) is 1. The van der Waals surface area contributed by atoms with Crippen molar-refractivity contribution in [3.8, 4) is 11.4 Å². The van der Waals surface area contributed by atoms with E-state index < -0.39 is 0 Å². The number of aromatic nitrogens is 2. The summed E-state index contributed by atoms with van der Waals surface area (Å²) < 4.78 is 7.01. The van der Waals surface area contributed by atoms with E-state index in [2.05, 4.69) is 15.7 Å². The molecule has 0 bridgehead atoms. The van der Waals surface area contributed by atoms with Crippen LogP contribution >= 0.6 is 0 Å². The Labute approximate surface area is 157 Å². The molecule has 3 rings (SSSR count). The van der Waals surface area contributed by atoms with E-state index in [1.165, 1.54) is 7.11 Å². The van der Waals surface area contributed by atoms with Crippen molar-refractivity contribution in [2.45, 2.75) is 6.92 Å². The molecule has 0 atom stereocenters. The number of amides is 2. The van der Waals surface area contributed by atoms with Gasteiger partial charge in [-0.25, -0.2) is 4.68 Å². The third-order valence-electron chi connectivity index (χ3n) is 4.04. The molecule has 0 saturated heterocycles. The highest BCUT2D eigenvalue weighted by atomic mass is 16.5. The van der Waals surface area contributed by atoms with E-state index >= 15 is 0 Å². The Bertz CT molecular complexity index is 977. The predicted octanol–water partition coefficient (Wildman–Crippen LogP) is 2.80. The fraction of sp³-hybridized carbons (Fsp3) is 0.150. The molecule has 0 aliphatic heterocycles. The van der Waals surface area contributed by atoms with E-state index in [1.54, 1.807) is 48.3 Å². The molecular formula is C20H20N4O3. The number of aryl methyl sites for hydroxylation is 1. The maximum Gasteiger partial charge on any atom is 0.255 e. The van der Waals surface area contributed by atoms with Gasteiger partial charge in [-0.05, 0) is 55.0 Å². The minimum Gasteiger partial charge on any atom is -0.495 e. The van der Waals surface area contributed by atoms with Gasteiger partial charge in [-0.2, -0.15) is 5.10 Å². The zero-order valence-corrected chi connectivity index (χ0v) is 15.3. The fourth-order valence-corrected chi connectivity index (χ4v) is 2.61. The van der Waals surface area contributed by atoms with Crippen molar-refractivity contribution in [2.75, 3.05) is 19.5 Å². The molecular weight excluding hydrogens is 344 g/mol. The van der Waals surface area contributed by atoms with E-state index in [1.807, 2.05) is 25.3 Å². The number of rotatable bonds is 5. The first kappa shape index (κ1) is 18.2. The van der Waals surface area contributed by atoms with Crippen LogP contribution in [0, 0.1) is 6.92 Å². The van der Waals surface area contributed by atoms with Crippen LogP contribution in [0.5, 0.6) is 5.75 Å². The third-order valence-corrected chi connectivity index (χ3v) is 4.04. The third kappa shape index (κ3) is 3.98. The van der Waals surface area contributed by atoms with Crippen molar-refractivity contribution in [1.29, 1.82) is 0 Å². The average molecular weight is 364 g/mol. The van der Waals surface area contributed by atoms with Crippen LogP contribution in [0.15, 0.2) is 54.9 Å². The van der Waals surface area contributed by atoms with Gasteiger partial charge < -0.3 is 15.4 Å². The maximum atomic E-state index is 12.6. The van der Waals surface area contributed by atoms with Gasteiger partial charge in [0.25, 0.3) is 11.8 Å². The smallest absolute Gasteiger partial charge is 0.255 e. The molecule has 1 aromatic heterocycles. The number of carbonyl (C=O) groups excluding carboxylic acids is 2. The summed E-state index contributed by atoms with van der Waals surface area (Å²) in [6, 6.07) is 11.9. The van der Waals surface area contributed by atoms with Crippen LogP contribution in [0.3, 0.4) is 0 Å². The fourth-order valence-electron chi connectivity index (χ4n) is 2.61. The van der Waals surface area contributed by atoms with Gasteiger partial charge in [-0.15, -0.1) is 0 Å². The lowest BCUT2D eigenvalue weighted by Gasteiger charge is -2.12. The van der Waals surface area contributed by atoms with Gasteiger partial charge in [0.2, 0.25) is 0 Å². The van der Waals surface area contributed by atoms with Crippen molar-refractivity contribution in [2.24, 2.45) is 0 Å². The molecule has 1 heterocycles. The summed E-state index contributed by atoms with van der Waals surface area (Å²) in [4.78, 5) is 24.4. The van der Waals surface area contributed by atoms with Gasteiger partial charge in [-0.3, -0.25) is 9.59 Å². The molecule has 0 unspecified atom stereocenters. The lowest BCUT2D eigenvalue weighted by molar-refractivity contribution is 0.0961. The molecule has 0 radical (unpaired) electrons. The van der Waals surface area contributed by atoms with E-state index in [0.717, 1.165) is 11.3 Å². The summed E-state index contributed by atoms with van der Waals surface area (Å²) in [5.74, 6) is -0.0720. The van der Waals surface area contributed by atoms with Crippen molar-refractivity contribution in [1.82, 2.24) is 15.1 Å². The molecule has 3 aromatic rings. The molecule has 0 aliphatic rings. The van der Waals surface area contributed by atoms with Crippen molar-refractivity contribution in [3.05, 3.63) is 71.5 Å². The van der Waals surface area contributed by atoms with Crippen LogP contribution in [0.25, 0.3) is 5.69 Å². The molecule has 2 amide bonds. The Hall–Kier alpha value is -3.61. The molecule has 7 heteroatoms. The number of anilines is 1. The van der Waals surface area contributed by atoms with Crippen LogP contribution < -0.4 is 15.4 Å². The average Bonchev–Trinajstić information content (AvgIpc) is 3.13. The highest BCUT2D eigenvalue weighted by Gasteiger charge is 2.13. The lowest BCUT2D eigenvalue weighted by Crippen LogP contribution is -2.19. The van der Waals surface area contributed by atoms with Crippen LogP contribution in [0.4, 0.5) is 5.69 Å². The number of carbonyl (C=O) groups is 2. The first-order valence-corrected chi connectivity index (χ1v) is 8.35. The second kappa shape index (κ2) is 7.74. The monoisotopic (exact) mass is 364 g/mol. The van der Waals surface area contributed by atoms with Crippen LogP contribution in [0.1, 0.15) is 26.3 Å². The highest BCUT2D eigenvalue weighted by molar-refractivity contribution is 6.06. The standard InChI is InChI=1S/C20H20N4O3/c1-13-11-22-24(12-13)16-7-4-14(5-8-16)20(26)23-17-10-15(19(25)21-2)6-9-18(17)27-3/h4-12H,1-3H3,(H,21,25)(H,23,26). The number of hydrogen-bond acceptors (Lipinski definition) is 4. The molecule has 0 aliphatic carbocycles. The minimum atomic E-state index is -0.300. The minimum absolute atomic E-state index is 0.243. The lowest BCUT2D eigenvalue weighted by atomic mass is 10.1. The van der Waals surface area contributed by atoms with E-state index in [0.29, 0.717) is 22.6 Å². The largest absolute Gasteiger partial charge is 0.495 e. The summed E-state index contributed by atoms with van der Waals surface area (Å²) in [7, 11) is 3.05. The molecule has 7 nitrogen and oxygen atoms in total. The summed E-state index contributed by atoms with van der Waals surface area (Å²) >= 11 is 0. The highest BCUT2D eigenvalue weighted by Crippen LogP contribution is 2.26. The second-order valence-electron chi connectivity index (χ2n) is 5.96. The van der Waals surface area contributed by atoms with Gasteiger partial charge in [0.1, 0.15) is 5.75 Å². The Balaban J connectivity index is 1.81. The zero-order valence-electron chi connectivity index (χ0n) is 15.3. The Morgan fingerprint density at radius 2 is 1.74 bits per heavy atom. The molecule has 0 saturated carbocycles. The zero-order chi connectivity index (χ0) is 19.4. The first-order chi connectivity index (χ1) is 13.0. The Kier molecular flexibility index (Phi) is 5.21. The first-order valence-electron chi connectivity index (χ1n) is 8.35. The van der Waals surface area contributed by atoms with Crippen LogP contribution in [-0.2, 0) is 0 Å². The molecule has 0 spiro atoms. The van der Waals surface area contributed by atoms with Crippen molar-refractivity contribution in [3.63, 3.8) is 0 Å². The summed E-state index contributed by atoms with van der Waals surface area (Å²) in [5, 5.41) is 9.59. The van der Waals surface area contributed by atoms with Gasteiger partial charge in [0, 0.05) is 24.4 Å². The van der Waals surface area contributed by atoms with Gasteiger partial charge in [-0.1, -0.05) is 0 Å². The quantitative estimate of drug-likeness (QED) is 0.729. The maximum absolute atomic E-state index is 12.6. The molecule has 138 valence electrons. The predicted molar refractivity (Wildman–Crippen MR) is 103 cm³/mol. The number of nitrogens with one attached hydrogen (secondary N) is 2. The normalized spacial score (nSPS) is 10.3. The summed E-state index contributed by atoms with van der Waals surface area (Å²) in [5.41, 5.74) is 3.25. The topological polar surface area (TPSA) is 85.3 Å². The molecule has 27 heavy (non-hydrogen) atoms. The number of nitrogens with zero attached hydrogens (tertiary/aromatic N) is 2. The van der Waals surface area contributed by atoms with Gasteiger partial charge in [0.15, 0.2) is 0 Å². The molecule has 2 aromatic carbocycles. The summed E-state index contributed by atoms with van der Waals surface area (Å²) in [6.45, 7) is 1.96. The van der Waals surface area contributed by atoms with Gasteiger partial charge >= 0.3 is 0 Å². The van der Waals surface area contributed by atoms with Crippen LogP contribution in [0.2, 0.25) is 0 Å². The number of methoxy groups -OCH3 is 1. The van der Waals surface area contributed by atoms with E-state index in [-0.39, 0.29) is 11.8 Å². The van der Waals surface area contributed by atoms with Crippen LogP contribution in [-0.4, -0.2) is 35.8 Å². The van der Waals surface area contributed by atoms with E-state index in [4.69, 9.17) is 4.74 Å². The van der Waals surface area contributed by atoms with Crippen molar-refractivity contribution >= 4 is 17.5 Å². The Morgan fingerprint density at radius 3 is 2.33 bits per heavy atom. The second-order valence-corrected chi connectivity index (χ2v) is 5.96. The van der Waals surface area contributed by atoms with E-state index in [9.17, 15) is 9.59 Å². The SMILES string of the molecule is CNC(=O)c1ccc(OC)c(NC(=O)c2ccc(-n3cc(C)cn3)cc2)c1. The molecule has 0 fully saturated rings. The number of hydrogen-bond donors (Lipinski definition) is 2. The summed E-state index contributed by atoms with van der Waals surface area (Å²) in [6.07, 6.45) is 3.68. The number of benzene rings is 2. The van der Waals surface area contributed by atoms with Crippen molar-refractivity contribution < 1.29 is 14.3 Å².